The van der Waals surface area contributed by atoms with Gasteiger partial charge in [-0.25, -0.2) is 0 Å². The number of hydrogen-bond donors (Lipinski definition) is 2. The fourth-order valence-electron chi connectivity index (χ4n) is 2.49. The summed E-state index contributed by atoms with van der Waals surface area (Å²) in [7, 11) is 1.54. The minimum atomic E-state index is -0.285. The van der Waals surface area contributed by atoms with Crippen LogP contribution in [0.15, 0.2) is 57.5 Å². The molecule has 0 fully saturated rings. The molecule has 0 aliphatic heterocycles. The van der Waals surface area contributed by atoms with Crippen molar-refractivity contribution in [3.63, 3.8) is 0 Å². The van der Waals surface area contributed by atoms with E-state index in [0.29, 0.717) is 22.7 Å². The fourth-order valence-corrected chi connectivity index (χ4v) is 3.60. The lowest BCUT2D eigenvalue weighted by molar-refractivity contribution is 0.102. The van der Waals surface area contributed by atoms with Crippen molar-refractivity contribution in [2.45, 2.75) is 0 Å². The number of rotatable bonds is 3. The largest absolute Gasteiger partial charge is 0.495 e. The minimum absolute atomic E-state index is 0.285. The molecule has 1 amide bonds. The molecule has 24 heavy (non-hydrogen) atoms. The van der Waals surface area contributed by atoms with Crippen LogP contribution < -0.4 is 15.8 Å². The van der Waals surface area contributed by atoms with Crippen molar-refractivity contribution in [1.29, 1.82) is 0 Å². The molecule has 0 aromatic heterocycles. The summed E-state index contributed by atoms with van der Waals surface area (Å²) in [6.07, 6.45) is 0. The third kappa shape index (κ3) is 3.12. The molecule has 122 valence electrons. The van der Waals surface area contributed by atoms with Crippen LogP contribution in [0.2, 0.25) is 0 Å². The van der Waals surface area contributed by atoms with Crippen LogP contribution >= 0.6 is 31.9 Å². The monoisotopic (exact) mass is 448 g/mol. The van der Waals surface area contributed by atoms with Crippen molar-refractivity contribution in [3.8, 4) is 5.75 Å². The average Bonchev–Trinajstić information content (AvgIpc) is 2.57. The number of hydrogen-bond acceptors (Lipinski definition) is 3. The summed E-state index contributed by atoms with van der Waals surface area (Å²) in [5.74, 6) is 0.203. The molecule has 0 atom stereocenters. The zero-order chi connectivity index (χ0) is 17.3. The van der Waals surface area contributed by atoms with Gasteiger partial charge in [-0.1, -0.05) is 40.2 Å². The van der Waals surface area contributed by atoms with Gasteiger partial charge in [-0.15, -0.1) is 0 Å². The molecule has 3 rings (SSSR count). The second kappa shape index (κ2) is 6.83. The predicted molar refractivity (Wildman–Crippen MR) is 105 cm³/mol. The van der Waals surface area contributed by atoms with Gasteiger partial charge in [0.2, 0.25) is 0 Å². The lowest BCUT2D eigenvalue weighted by Gasteiger charge is -2.14. The lowest BCUT2D eigenvalue weighted by atomic mass is 10.0. The van der Waals surface area contributed by atoms with Crippen LogP contribution in [0.1, 0.15) is 10.4 Å². The molecule has 0 saturated carbocycles. The molecule has 0 heterocycles. The number of carbonyl (C=O) groups is 1. The molecule has 0 bridgehead atoms. The molecule has 3 aromatic rings. The van der Waals surface area contributed by atoms with Crippen LogP contribution in [-0.4, -0.2) is 13.0 Å². The van der Waals surface area contributed by atoms with E-state index < -0.39 is 0 Å². The van der Waals surface area contributed by atoms with Gasteiger partial charge in [0.05, 0.1) is 28.5 Å². The van der Waals surface area contributed by atoms with Crippen molar-refractivity contribution in [3.05, 3.63) is 63.0 Å². The summed E-state index contributed by atoms with van der Waals surface area (Å²) in [5.41, 5.74) is 7.42. The number of amides is 1. The van der Waals surface area contributed by atoms with E-state index in [1.165, 1.54) is 0 Å². The number of carbonyl (C=O) groups excluding carboxylic acids is 1. The Morgan fingerprint density at radius 3 is 2.58 bits per heavy atom. The number of fused-ring (bicyclic) bond motifs is 1. The number of nitrogen functional groups attached to an aromatic ring is 1. The molecule has 0 spiro atoms. The molecule has 0 aliphatic rings. The zero-order valence-electron chi connectivity index (χ0n) is 12.8. The smallest absolute Gasteiger partial charge is 0.259 e. The van der Waals surface area contributed by atoms with Crippen molar-refractivity contribution < 1.29 is 9.53 Å². The van der Waals surface area contributed by atoms with Crippen LogP contribution in [0.3, 0.4) is 0 Å². The lowest BCUT2D eigenvalue weighted by Crippen LogP contribution is -2.14. The van der Waals surface area contributed by atoms with E-state index in [-0.39, 0.29) is 5.91 Å². The number of anilines is 2. The quantitative estimate of drug-likeness (QED) is 0.539. The summed E-state index contributed by atoms with van der Waals surface area (Å²) >= 11 is 6.88. The molecule has 0 aliphatic carbocycles. The number of nitrogens with two attached hydrogens (primary N) is 1. The van der Waals surface area contributed by atoms with Gasteiger partial charge in [0.25, 0.3) is 5.91 Å². The summed E-state index contributed by atoms with van der Waals surface area (Å²) in [6.45, 7) is 0. The van der Waals surface area contributed by atoms with E-state index in [1.807, 2.05) is 36.4 Å². The number of halogens is 2. The van der Waals surface area contributed by atoms with E-state index >= 15 is 0 Å². The molecule has 4 nitrogen and oxygen atoms in total. The molecule has 0 unspecified atom stereocenters. The molecule has 0 radical (unpaired) electrons. The molecule has 6 heteroatoms. The summed E-state index contributed by atoms with van der Waals surface area (Å²) in [4.78, 5) is 12.7. The third-order valence-electron chi connectivity index (χ3n) is 3.65. The van der Waals surface area contributed by atoms with Crippen LogP contribution in [0.25, 0.3) is 10.8 Å². The normalized spacial score (nSPS) is 10.6. The average molecular weight is 450 g/mol. The van der Waals surface area contributed by atoms with Crippen molar-refractivity contribution in [2.24, 2.45) is 0 Å². The topological polar surface area (TPSA) is 64.3 Å². The second-order valence-electron chi connectivity index (χ2n) is 5.18. The zero-order valence-corrected chi connectivity index (χ0v) is 15.9. The van der Waals surface area contributed by atoms with Crippen molar-refractivity contribution >= 4 is 59.9 Å². The molecular weight excluding hydrogens is 436 g/mol. The van der Waals surface area contributed by atoms with Gasteiger partial charge in [-0.2, -0.15) is 0 Å². The summed E-state index contributed by atoms with van der Waals surface area (Å²) in [5, 5.41) is 4.76. The van der Waals surface area contributed by atoms with Gasteiger partial charge in [0.15, 0.2) is 0 Å². The van der Waals surface area contributed by atoms with Crippen LogP contribution in [0.4, 0.5) is 11.4 Å². The highest BCUT2D eigenvalue weighted by atomic mass is 79.9. The van der Waals surface area contributed by atoms with Crippen molar-refractivity contribution in [1.82, 2.24) is 0 Å². The Kier molecular flexibility index (Phi) is 4.78. The first-order valence-electron chi connectivity index (χ1n) is 7.13. The number of nitrogens with one attached hydrogen (secondary N) is 1. The van der Waals surface area contributed by atoms with Crippen LogP contribution in [0, 0.1) is 0 Å². The van der Waals surface area contributed by atoms with E-state index in [2.05, 4.69) is 37.2 Å². The van der Waals surface area contributed by atoms with Crippen LogP contribution in [-0.2, 0) is 0 Å². The molecule has 3 N–H and O–H groups in total. The first kappa shape index (κ1) is 16.8. The van der Waals surface area contributed by atoms with E-state index in [9.17, 15) is 4.79 Å². The summed E-state index contributed by atoms with van der Waals surface area (Å²) < 4.78 is 7.04. The Morgan fingerprint density at radius 1 is 1.12 bits per heavy atom. The number of methoxy groups -OCH3 is 1. The molecular formula is C18H14Br2N2O2. The second-order valence-corrected chi connectivity index (χ2v) is 6.89. The Balaban J connectivity index is 2.06. The van der Waals surface area contributed by atoms with Gasteiger partial charge >= 0.3 is 0 Å². The van der Waals surface area contributed by atoms with E-state index in [0.717, 1.165) is 19.7 Å². The highest BCUT2D eigenvalue weighted by Crippen LogP contribution is 2.37. The van der Waals surface area contributed by atoms with Gasteiger partial charge < -0.3 is 15.8 Å². The first-order valence-corrected chi connectivity index (χ1v) is 8.71. The highest BCUT2D eigenvalue weighted by molar-refractivity contribution is 9.11. The number of ether oxygens (including phenoxy) is 1. The minimum Gasteiger partial charge on any atom is -0.495 e. The van der Waals surface area contributed by atoms with Gasteiger partial charge in [0.1, 0.15) is 5.75 Å². The van der Waals surface area contributed by atoms with Crippen LogP contribution in [0.5, 0.6) is 5.75 Å². The fraction of sp³-hybridized carbons (Fsp3) is 0.0556. The van der Waals surface area contributed by atoms with E-state index in [1.54, 1.807) is 19.2 Å². The van der Waals surface area contributed by atoms with Gasteiger partial charge in [-0.05, 0) is 51.0 Å². The predicted octanol–water partition coefficient (Wildman–Crippen LogP) is 5.21. The maximum absolute atomic E-state index is 12.7. The number of benzene rings is 3. The summed E-state index contributed by atoms with van der Waals surface area (Å²) in [6, 6.07) is 14.9. The SMILES string of the molecule is COc1c(C(=O)Nc2ccc(Br)cc2N)cc2ccccc2c1Br. The third-order valence-corrected chi connectivity index (χ3v) is 4.93. The van der Waals surface area contributed by atoms with E-state index in [4.69, 9.17) is 10.5 Å². The van der Waals surface area contributed by atoms with Gasteiger partial charge in [0, 0.05) is 4.47 Å². The first-order chi connectivity index (χ1) is 11.5. The Bertz CT molecular complexity index is 942. The highest BCUT2D eigenvalue weighted by Gasteiger charge is 2.18. The Hall–Kier alpha value is -2.05. The standard InChI is InChI=1S/C18H14Br2N2O2/c1-24-17-13(8-10-4-2-3-5-12(10)16(17)20)18(23)22-15-7-6-11(19)9-14(15)21/h2-9H,21H2,1H3,(H,22,23). The Labute approximate surface area is 156 Å². The maximum atomic E-state index is 12.7. The maximum Gasteiger partial charge on any atom is 0.259 e. The Morgan fingerprint density at radius 2 is 1.88 bits per heavy atom. The van der Waals surface area contributed by atoms with Gasteiger partial charge in [-0.3, -0.25) is 4.79 Å². The molecule has 3 aromatic carbocycles. The van der Waals surface area contributed by atoms with Crippen molar-refractivity contribution in [2.75, 3.05) is 18.2 Å². The molecule has 0 saturated heterocycles.